The molecule has 9 nitrogen and oxygen atoms in total. The number of benzene rings is 1. The molecular weight excluding hydrogens is 458 g/mol. The molecule has 172 valence electrons. The molecule has 0 amide bonds. The molecule has 1 N–H and O–H groups in total. The van der Waals surface area contributed by atoms with Gasteiger partial charge in [-0.3, -0.25) is 4.98 Å². The van der Waals surface area contributed by atoms with Crippen molar-refractivity contribution in [1.82, 2.24) is 30.2 Å². The summed E-state index contributed by atoms with van der Waals surface area (Å²) in [4.78, 5) is 7.48. The van der Waals surface area contributed by atoms with E-state index in [0.29, 0.717) is 6.07 Å². The molecule has 1 atom stereocenters. The molecule has 0 aliphatic carbocycles. The first-order valence-corrected chi connectivity index (χ1v) is 9.50. The third-order valence-electron chi connectivity index (χ3n) is 4.82. The minimum atomic E-state index is -4.19. The molecule has 4 aromatic rings. The van der Waals surface area contributed by atoms with Crippen molar-refractivity contribution < 1.29 is 27.4 Å². The minimum Gasteiger partial charge on any atom is -0.456 e. The largest absolute Gasteiger partial charge is 0.456 e. The van der Waals surface area contributed by atoms with Gasteiger partial charge in [0.15, 0.2) is 5.60 Å². The highest BCUT2D eigenvalue weighted by molar-refractivity contribution is 5.36. The third-order valence-corrected chi connectivity index (χ3v) is 4.82. The Balaban J connectivity index is 1.70. The van der Waals surface area contributed by atoms with Gasteiger partial charge in [0.05, 0.1) is 12.7 Å². The summed E-state index contributed by atoms with van der Waals surface area (Å²) in [6, 6.07) is 8.50. The van der Waals surface area contributed by atoms with Crippen molar-refractivity contribution in [3.63, 3.8) is 0 Å². The Hall–Kier alpha value is -4.44. The number of aromatic nitrogens is 6. The Bertz CT molecular complexity index is 1340. The fraction of sp³-hybridized carbons (Fsp3) is 0.143. The lowest BCUT2D eigenvalue weighted by Gasteiger charge is -2.35. The summed E-state index contributed by atoms with van der Waals surface area (Å²) in [7, 11) is 0. The molecule has 1 unspecified atom stereocenters. The lowest BCUT2D eigenvalue weighted by atomic mass is 9.84. The van der Waals surface area contributed by atoms with E-state index in [0.717, 1.165) is 41.5 Å². The molecule has 3 aromatic heterocycles. The van der Waals surface area contributed by atoms with Crippen LogP contribution in [0.3, 0.4) is 0 Å². The van der Waals surface area contributed by atoms with Crippen molar-refractivity contribution in [3.05, 3.63) is 89.8 Å². The Morgan fingerprint density at radius 3 is 2.53 bits per heavy atom. The fourth-order valence-electron chi connectivity index (χ4n) is 3.18. The number of tetrazole rings is 1. The highest BCUT2D eigenvalue weighted by Gasteiger charge is 2.58. The molecule has 34 heavy (non-hydrogen) atoms. The van der Waals surface area contributed by atoms with Crippen LogP contribution in [0.1, 0.15) is 17.0 Å². The topological polar surface area (TPSA) is 123 Å². The van der Waals surface area contributed by atoms with Gasteiger partial charge in [-0.05, 0) is 40.8 Å². The maximum atomic E-state index is 15.7. The highest BCUT2D eigenvalue weighted by atomic mass is 19.3. The predicted octanol–water partition coefficient (Wildman–Crippen LogP) is 3.09. The maximum absolute atomic E-state index is 15.7. The molecule has 0 bridgehead atoms. The van der Waals surface area contributed by atoms with Crippen LogP contribution in [-0.4, -0.2) is 35.3 Å². The van der Waals surface area contributed by atoms with E-state index in [9.17, 15) is 13.9 Å². The smallest absolute Gasteiger partial charge is 0.323 e. The maximum Gasteiger partial charge on any atom is 0.323 e. The van der Waals surface area contributed by atoms with Crippen LogP contribution in [0.2, 0.25) is 0 Å². The number of pyridine rings is 2. The lowest BCUT2D eigenvalue weighted by molar-refractivity contribution is -0.207. The zero-order valence-corrected chi connectivity index (χ0v) is 17.0. The number of hydrogen-bond donors (Lipinski definition) is 1. The molecular formula is C21H13F4N7O2. The second-order valence-electron chi connectivity index (χ2n) is 7.04. The molecule has 0 aliphatic rings. The van der Waals surface area contributed by atoms with E-state index in [4.69, 9.17) is 10.00 Å². The Morgan fingerprint density at radius 2 is 1.88 bits per heavy atom. The molecule has 0 spiro atoms. The third kappa shape index (κ3) is 4.26. The number of aliphatic hydroxyl groups is 1. The van der Waals surface area contributed by atoms with Crippen molar-refractivity contribution in [2.75, 3.05) is 0 Å². The van der Waals surface area contributed by atoms with Crippen LogP contribution in [0.4, 0.5) is 17.6 Å². The number of nitriles is 1. The number of rotatable bonds is 7. The Kier molecular flexibility index (Phi) is 5.91. The highest BCUT2D eigenvalue weighted by Crippen LogP contribution is 2.46. The first kappa shape index (κ1) is 22.7. The van der Waals surface area contributed by atoms with Crippen molar-refractivity contribution >= 4 is 0 Å². The molecule has 0 saturated carbocycles. The van der Waals surface area contributed by atoms with Gasteiger partial charge in [0, 0.05) is 23.9 Å². The zero-order chi connectivity index (χ0) is 24.3. The van der Waals surface area contributed by atoms with Crippen LogP contribution in [0.25, 0.3) is 0 Å². The van der Waals surface area contributed by atoms with Gasteiger partial charge < -0.3 is 9.84 Å². The summed E-state index contributed by atoms with van der Waals surface area (Å²) in [5, 5.41) is 30.1. The standard InChI is InChI=1S/C21H13F4N7O2/c22-13-1-3-17(18(23)7-13)20(33,11-32-12-29-30-31-32)21(24,25)19-4-2-16(10-28-19)34-15-5-6-27-14(8-15)9-26/h1-8,10,12,33H,11H2. The van der Waals surface area contributed by atoms with Gasteiger partial charge in [-0.1, -0.05) is 0 Å². The van der Waals surface area contributed by atoms with Crippen LogP contribution < -0.4 is 4.74 Å². The van der Waals surface area contributed by atoms with Gasteiger partial charge >= 0.3 is 5.92 Å². The molecule has 0 radical (unpaired) electrons. The van der Waals surface area contributed by atoms with Gasteiger partial charge in [0.1, 0.15) is 46.9 Å². The van der Waals surface area contributed by atoms with Gasteiger partial charge in [-0.15, -0.1) is 5.10 Å². The van der Waals surface area contributed by atoms with E-state index >= 15 is 8.78 Å². The van der Waals surface area contributed by atoms with Gasteiger partial charge in [0.25, 0.3) is 0 Å². The average Bonchev–Trinajstić information content (AvgIpc) is 3.32. The first-order chi connectivity index (χ1) is 16.2. The zero-order valence-electron chi connectivity index (χ0n) is 17.0. The first-order valence-electron chi connectivity index (χ1n) is 9.50. The van der Waals surface area contributed by atoms with E-state index < -0.39 is 41.0 Å². The van der Waals surface area contributed by atoms with E-state index in [2.05, 4.69) is 25.5 Å². The van der Waals surface area contributed by atoms with Gasteiger partial charge in [0.2, 0.25) is 0 Å². The molecule has 0 saturated heterocycles. The van der Waals surface area contributed by atoms with Crippen molar-refractivity contribution in [3.8, 4) is 17.6 Å². The monoisotopic (exact) mass is 471 g/mol. The predicted molar refractivity (Wildman–Crippen MR) is 105 cm³/mol. The number of hydrogen-bond acceptors (Lipinski definition) is 8. The molecule has 0 fully saturated rings. The van der Waals surface area contributed by atoms with Crippen molar-refractivity contribution in [2.45, 2.75) is 18.1 Å². The van der Waals surface area contributed by atoms with Crippen LogP contribution in [-0.2, 0) is 18.1 Å². The molecule has 1 aromatic carbocycles. The van der Waals surface area contributed by atoms with Crippen LogP contribution in [0, 0.1) is 23.0 Å². The summed E-state index contributed by atoms with van der Waals surface area (Å²) >= 11 is 0. The van der Waals surface area contributed by atoms with Crippen molar-refractivity contribution in [2.24, 2.45) is 0 Å². The average molecular weight is 471 g/mol. The summed E-state index contributed by atoms with van der Waals surface area (Å²) < 4.78 is 65.6. The molecule has 4 rings (SSSR count). The van der Waals surface area contributed by atoms with Crippen LogP contribution in [0.15, 0.2) is 61.2 Å². The second-order valence-corrected chi connectivity index (χ2v) is 7.04. The van der Waals surface area contributed by atoms with E-state index in [-0.39, 0.29) is 17.2 Å². The number of ether oxygens (including phenoxy) is 1. The minimum absolute atomic E-state index is 0.0478. The Morgan fingerprint density at radius 1 is 1.06 bits per heavy atom. The van der Waals surface area contributed by atoms with E-state index in [1.165, 1.54) is 18.3 Å². The molecule has 3 heterocycles. The summed E-state index contributed by atoms with van der Waals surface area (Å²) in [6.45, 7) is -0.969. The lowest BCUT2D eigenvalue weighted by Crippen LogP contribution is -2.48. The normalized spacial score (nSPS) is 13.2. The van der Waals surface area contributed by atoms with Gasteiger partial charge in [-0.2, -0.15) is 14.0 Å². The molecule has 0 aliphatic heterocycles. The van der Waals surface area contributed by atoms with E-state index in [1.807, 2.05) is 6.07 Å². The SMILES string of the molecule is N#Cc1cc(Oc2ccc(C(F)(F)C(O)(Cn3cnnn3)c3ccc(F)cc3F)nc2)ccn1. The number of halogens is 4. The Labute approximate surface area is 188 Å². The van der Waals surface area contributed by atoms with Crippen LogP contribution in [0.5, 0.6) is 11.5 Å². The summed E-state index contributed by atoms with van der Waals surface area (Å²) in [5.74, 6) is -6.32. The number of alkyl halides is 2. The summed E-state index contributed by atoms with van der Waals surface area (Å²) in [5.41, 5.74) is -4.96. The van der Waals surface area contributed by atoms with Crippen molar-refractivity contribution in [1.29, 1.82) is 5.26 Å². The van der Waals surface area contributed by atoms with Crippen LogP contribution >= 0.6 is 0 Å². The molecule has 13 heteroatoms. The second kappa shape index (κ2) is 8.83. The van der Waals surface area contributed by atoms with Gasteiger partial charge in [-0.25, -0.2) is 18.4 Å². The van der Waals surface area contributed by atoms with E-state index in [1.54, 1.807) is 0 Å². The quantitative estimate of drug-likeness (QED) is 0.408. The fourth-order valence-corrected chi connectivity index (χ4v) is 3.18. The summed E-state index contributed by atoms with van der Waals surface area (Å²) in [6.07, 6.45) is 3.26. The number of nitrogens with zero attached hydrogens (tertiary/aromatic N) is 7.